The van der Waals surface area contributed by atoms with E-state index < -0.39 is 23.2 Å². The van der Waals surface area contributed by atoms with Gasteiger partial charge in [-0.1, -0.05) is 36.4 Å². The third-order valence-corrected chi connectivity index (χ3v) is 3.10. The van der Waals surface area contributed by atoms with Crippen molar-refractivity contribution in [1.29, 1.82) is 0 Å². The lowest BCUT2D eigenvalue weighted by Gasteiger charge is -2.14. The topological polar surface area (TPSA) is 41.1 Å². The number of para-hydroxylation sites is 1. The van der Waals surface area contributed by atoms with Crippen LogP contribution in [-0.4, -0.2) is 12.5 Å². The zero-order valence-electron chi connectivity index (χ0n) is 11.6. The molecule has 5 heteroatoms. The Bertz CT molecular complexity index is 597. The van der Waals surface area contributed by atoms with Gasteiger partial charge in [-0.15, -0.1) is 0 Å². The Morgan fingerprint density at radius 1 is 1.05 bits per heavy atom. The summed E-state index contributed by atoms with van der Waals surface area (Å²) < 4.78 is 26.8. The van der Waals surface area contributed by atoms with Gasteiger partial charge in [-0.2, -0.15) is 0 Å². The third kappa shape index (κ3) is 4.10. The lowest BCUT2D eigenvalue weighted by molar-refractivity contribution is -0.115. The predicted molar refractivity (Wildman–Crippen MR) is 77.8 cm³/mol. The van der Waals surface area contributed by atoms with Crippen molar-refractivity contribution in [2.24, 2.45) is 0 Å². The molecule has 0 aliphatic carbocycles. The van der Waals surface area contributed by atoms with Crippen LogP contribution in [0.4, 0.5) is 14.5 Å². The standard InChI is InChI=1S/C16H16F2N2O/c1-11(12-6-3-2-4-7-12)19-10-15(21)20-16-13(17)8-5-9-14(16)18/h2-9,11,19H,10H2,1H3,(H,20,21)/t11-/m1/s1. The van der Waals surface area contributed by atoms with E-state index in [1.54, 1.807) is 0 Å². The molecule has 0 radical (unpaired) electrons. The SMILES string of the molecule is C[C@@H](NCC(=O)Nc1c(F)cccc1F)c1ccccc1. The molecule has 2 rings (SSSR count). The van der Waals surface area contributed by atoms with Gasteiger partial charge in [0.2, 0.25) is 5.91 Å². The second-order valence-corrected chi connectivity index (χ2v) is 4.66. The highest BCUT2D eigenvalue weighted by Crippen LogP contribution is 2.17. The predicted octanol–water partition coefficient (Wildman–Crippen LogP) is 3.25. The summed E-state index contributed by atoms with van der Waals surface area (Å²) in [5.41, 5.74) is 0.610. The molecule has 2 aromatic rings. The van der Waals surface area contributed by atoms with Crippen LogP contribution in [0, 0.1) is 11.6 Å². The number of carbonyl (C=O) groups is 1. The van der Waals surface area contributed by atoms with Crippen molar-refractivity contribution >= 4 is 11.6 Å². The van der Waals surface area contributed by atoms with Crippen LogP contribution in [0.3, 0.4) is 0 Å². The molecular formula is C16H16F2N2O. The molecule has 0 saturated heterocycles. The largest absolute Gasteiger partial charge is 0.320 e. The van der Waals surface area contributed by atoms with Gasteiger partial charge >= 0.3 is 0 Å². The summed E-state index contributed by atoms with van der Waals surface area (Å²) in [6.07, 6.45) is 0. The quantitative estimate of drug-likeness (QED) is 0.887. The first kappa shape index (κ1) is 15.1. The van der Waals surface area contributed by atoms with Gasteiger partial charge in [0.1, 0.15) is 17.3 Å². The van der Waals surface area contributed by atoms with Gasteiger partial charge in [0.05, 0.1) is 6.54 Å². The van der Waals surface area contributed by atoms with Crippen LogP contribution in [0.5, 0.6) is 0 Å². The first-order valence-electron chi connectivity index (χ1n) is 6.60. The molecule has 0 bridgehead atoms. The second kappa shape index (κ2) is 6.95. The van der Waals surface area contributed by atoms with Gasteiger partial charge in [0, 0.05) is 6.04 Å². The van der Waals surface area contributed by atoms with Crippen molar-refractivity contribution < 1.29 is 13.6 Å². The molecular weight excluding hydrogens is 274 g/mol. The van der Waals surface area contributed by atoms with Crippen molar-refractivity contribution in [1.82, 2.24) is 5.32 Å². The number of benzene rings is 2. The van der Waals surface area contributed by atoms with E-state index in [1.807, 2.05) is 37.3 Å². The minimum absolute atomic E-state index is 0.0379. The van der Waals surface area contributed by atoms with Gasteiger partial charge in [0.15, 0.2) is 0 Å². The van der Waals surface area contributed by atoms with E-state index in [0.717, 1.165) is 17.7 Å². The van der Waals surface area contributed by atoms with Gasteiger partial charge < -0.3 is 10.6 Å². The molecule has 21 heavy (non-hydrogen) atoms. The first-order valence-corrected chi connectivity index (χ1v) is 6.60. The summed E-state index contributed by atoms with van der Waals surface area (Å²) in [7, 11) is 0. The van der Waals surface area contributed by atoms with E-state index in [1.165, 1.54) is 6.07 Å². The first-order chi connectivity index (χ1) is 10.1. The normalized spacial score (nSPS) is 12.0. The zero-order chi connectivity index (χ0) is 15.2. The number of nitrogens with one attached hydrogen (secondary N) is 2. The number of carbonyl (C=O) groups excluding carboxylic acids is 1. The molecule has 2 aromatic carbocycles. The van der Waals surface area contributed by atoms with Crippen LogP contribution in [0.25, 0.3) is 0 Å². The van der Waals surface area contributed by atoms with Crippen molar-refractivity contribution in [2.45, 2.75) is 13.0 Å². The lowest BCUT2D eigenvalue weighted by atomic mass is 10.1. The van der Waals surface area contributed by atoms with Crippen molar-refractivity contribution in [3.8, 4) is 0 Å². The van der Waals surface area contributed by atoms with Gasteiger partial charge in [-0.3, -0.25) is 4.79 Å². The molecule has 0 aliphatic heterocycles. The highest BCUT2D eigenvalue weighted by atomic mass is 19.1. The van der Waals surface area contributed by atoms with E-state index in [0.29, 0.717) is 0 Å². The molecule has 110 valence electrons. The Labute approximate surface area is 122 Å². The molecule has 0 heterocycles. The van der Waals surface area contributed by atoms with Gasteiger partial charge in [0.25, 0.3) is 0 Å². The van der Waals surface area contributed by atoms with E-state index in [2.05, 4.69) is 10.6 Å². The summed E-state index contributed by atoms with van der Waals surface area (Å²) >= 11 is 0. The zero-order valence-corrected chi connectivity index (χ0v) is 11.6. The number of rotatable bonds is 5. The highest BCUT2D eigenvalue weighted by Gasteiger charge is 2.12. The fourth-order valence-corrected chi connectivity index (χ4v) is 1.91. The summed E-state index contributed by atoms with van der Waals surface area (Å²) in [5.74, 6) is -2.08. The lowest BCUT2D eigenvalue weighted by Crippen LogP contribution is -2.30. The van der Waals surface area contributed by atoms with E-state index in [4.69, 9.17) is 0 Å². The molecule has 3 nitrogen and oxygen atoms in total. The molecule has 2 N–H and O–H groups in total. The molecule has 0 saturated carbocycles. The van der Waals surface area contributed by atoms with Crippen LogP contribution in [-0.2, 0) is 4.79 Å². The highest BCUT2D eigenvalue weighted by molar-refractivity contribution is 5.92. The van der Waals surface area contributed by atoms with Crippen LogP contribution in [0.1, 0.15) is 18.5 Å². The van der Waals surface area contributed by atoms with E-state index >= 15 is 0 Å². The van der Waals surface area contributed by atoms with Gasteiger partial charge in [-0.25, -0.2) is 8.78 Å². The Morgan fingerprint density at radius 3 is 2.29 bits per heavy atom. The Hall–Kier alpha value is -2.27. The molecule has 1 atom stereocenters. The number of amides is 1. The minimum Gasteiger partial charge on any atom is -0.320 e. The second-order valence-electron chi connectivity index (χ2n) is 4.66. The maximum atomic E-state index is 13.4. The maximum Gasteiger partial charge on any atom is 0.238 e. The van der Waals surface area contributed by atoms with Crippen molar-refractivity contribution in [3.63, 3.8) is 0 Å². The van der Waals surface area contributed by atoms with E-state index in [9.17, 15) is 13.6 Å². The summed E-state index contributed by atoms with van der Waals surface area (Å²) in [6.45, 7) is 1.87. The molecule has 0 aliphatic rings. The van der Waals surface area contributed by atoms with Crippen LogP contribution in [0.2, 0.25) is 0 Å². The molecule has 0 aromatic heterocycles. The van der Waals surface area contributed by atoms with Crippen LogP contribution >= 0.6 is 0 Å². The minimum atomic E-state index is -0.792. The smallest absolute Gasteiger partial charge is 0.238 e. The van der Waals surface area contributed by atoms with E-state index in [-0.39, 0.29) is 12.6 Å². The van der Waals surface area contributed by atoms with Gasteiger partial charge in [-0.05, 0) is 24.6 Å². The number of hydrogen-bond acceptors (Lipinski definition) is 2. The average molecular weight is 290 g/mol. The number of anilines is 1. The molecule has 0 unspecified atom stereocenters. The maximum absolute atomic E-state index is 13.4. The van der Waals surface area contributed by atoms with Crippen LogP contribution in [0.15, 0.2) is 48.5 Å². The number of hydrogen-bond donors (Lipinski definition) is 2. The summed E-state index contributed by atoms with van der Waals surface area (Å²) in [4.78, 5) is 11.7. The Morgan fingerprint density at radius 2 is 1.67 bits per heavy atom. The van der Waals surface area contributed by atoms with Crippen molar-refractivity contribution in [3.05, 3.63) is 65.7 Å². The third-order valence-electron chi connectivity index (χ3n) is 3.10. The Kier molecular flexibility index (Phi) is 5.00. The monoisotopic (exact) mass is 290 g/mol. The molecule has 1 amide bonds. The average Bonchev–Trinajstić information content (AvgIpc) is 2.49. The van der Waals surface area contributed by atoms with Crippen molar-refractivity contribution in [2.75, 3.05) is 11.9 Å². The fourth-order valence-electron chi connectivity index (χ4n) is 1.91. The summed E-state index contributed by atoms with van der Waals surface area (Å²) in [6, 6.07) is 13.0. The Balaban J connectivity index is 1.91. The molecule has 0 fully saturated rings. The molecule has 0 spiro atoms. The van der Waals surface area contributed by atoms with Crippen LogP contribution < -0.4 is 10.6 Å². The fraction of sp³-hybridized carbons (Fsp3) is 0.188. The summed E-state index contributed by atoms with van der Waals surface area (Å²) in [5, 5.41) is 5.23. The number of halogens is 2.